The maximum absolute atomic E-state index is 11.9. The molecule has 0 unspecified atom stereocenters. The highest BCUT2D eigenvalue weighted by Gasteiger charge is 2.15. The molecular formula is C17H28IN5O. The van der Waals surface area contributed by atoms with Gasteiger partial charge in [0.1, 0.15) is 5.82 Å². The molecule has 0 radical (unpaired) electrons. The van der Waals surface area contributed by atoms with Crippen molar-refractivity contribution in [1.82, 2.24) is 15.6 Å². The van der Waals surface area contributed by atoms with Crippen molar-refractivity contribution < 1.29 is 4.79 Å². The zero-order valence-electron chi connectivity index (χ0n) is 14.5. The molecule has 1 heterocycles. The van der Waals surface area contributed by atoms with Gasteiger partial charge in [-0.2, -0.15) is 0 Å². The van der Waals surface area contributed by atoms with Gasteiger partial charge in [0, 0.05) is 25.2 Å². The third-order valence-corrected chi connectivity index (χ3v) is 3.83. The Bertz CT molecular complexity index is 526. The first-order chi connectivity index (χ1) is 11.2. The van der Waals surface area contributed by atoms with Crippen LogP contribution < -0.4 is 16.0 Å². The summed E-state index contributed by atoms with van der Waals surface area (Å²) in [5, 5.41) is 9.46. The first-order valence-corrected chi connectivity index (χ1v) is 8.44. The minimum absolute atomic E-state index is 0. The maximum atomic E-state index is 11.9. The van der Waals surface area contributed by atoms with Crippen LogP contribution in [0.2, 0.25) is 0 Å². The van der Waals surface area contributed by atoms with E-state index in [2.05, 4.69) is 25.9 Å². The van der Waals surface area contributed by atoms with Gasteiger partial charge >= 0.3 is 0 Å². The van der Waals surface area contributed by atoms with Gasteiger partial charge in [0.15, 0.2) is 5.96 Å². The van der Waals surface area contributed by atoms with E-state index in [9.17, 15) is 4.79 Å². The lowest BCUT2D eigenvalue weighted by Gasteiger charge is -2.16. The molecule has 1 amide bonds. The molecule has 1 aliphatic carbocycles. The van der Waals surface area contributed by atoms with E-state index in [0.717, 1.165) is 18.1 Å². The number of aliphatic imine (C=N–C) groups is 1. The van der Waals surface area contributed by atoms with E-state index in [4.69, 9.17) is 0 Å². The molecule has 2 rings (SSSR count). The lowest BCUT2D eigenvalue weighted by atomic mass is 10.2. The molecular weight excluding hydrogens is 417 g/mol. The van der Waals surface area contributed by atoms with E-state index in [0.29, 0.717) is 24.8 Å². The summed E-state index contributed by atoms with van der Waals surface area (Å²) >= 11 is 0. The summed E-state index contributed by atoms with van der Waals surface area (Å²) in [6.07, 6.45) is 7.04. The van der Waals surface area contributed by atoms with E-state index >= 15 is 0 Å². The van der Waals surface area contributed by atoms with Gasteiger partial charge in [-0.05, 0) is 38.3 Å². The lowest BCUT2D eigenvalue weighted by molar-refractivity contribution is -0.116. The molecule has 0 atom stereocenters. The monoisotopic (exact) mass is 445 g/mol. The molecule has 0 saturated heterocycles. The topological polar surface area (TPSA) is 78.4 Å². The van der Waals surface area contributed by atoms with Crippen LogP contribution in [0.1, 0.15) is 44.6 Å². The minimum Gasteiger partial charge on any atom is -0.357 e. The van der Waals surface area contributed by atoms with Gasteiger partial charge in [-0.3, -0.25) is 9.79 Å². The van der Waals surface area contributed by atoms with Gasteiger partial charge in [0.25, 0.3) is 0 Å². The molecule has 0 aromatic carbocycles. The molecule has 7 heteroatoms. The number of aromatic nitrogens is 1. The second kappa shape index (κ2) is 11.2. The smallest absolute Gasteiger partial charge is 0.227 e. The van der Waals surface area contributed by atoms with Crippen molar-refractivity contribution in [2.45, 2.75) is 52.0 Å². The lowest BCUT2D eigenvalue weighted by Crippen LogP contribution is -2.42. The van der Waals surface area contributed by atoms with E-state index < -0.39 is 0 Å². The fourth-order valence-corrected chi connectivity index (χ4v) is 2.60. The molecule has 1 fully saturated rings. The van der Waals surface area contributed by atoms with Crippen LogP contribution in [0, 0.1) is 6.92 Å². The number of nitrogens with one attached hydrogen (secondary N) is 3. The van der Waals surface area contributed by atoms with Crippen LogP contribution in [0.3, 0.4) is 0 Å². The van der Waals surface area contributed by atoms with Gasteiger partial charge < -0.3 is 16.0 Å². The summed E-state index contributed by atoms with van der Waals surface area (Å²) in [6.45, 7) is 5.28. The Labute approximate surface area is 161 Å². The maximum Gasteiger partial charge on any atom is 0.227 e. The number of nitrogens with zero attached hydrogens (tertiary/aromatic N) is 2. The van der Waals surface area contributed by atoms with Crippen molar-refractivity contribution >= 4 is 41.7 Å². The number of carbonyl (C=O) groups excluding carboxylic acids is 1. The van der Waals surface area contributed by atoms with Crippen LogP contribution in [0.15, 0.2) is 23.3 Å². The average molecular weight is 445 g/mol. The average Bonchev–Trinajstić information content (AvgIpc) is 3.03. The van der Waals surface area contributed by atoms with Gasteiger partial charge in [-0.1, -0.05) is 18.9 Å². The molecule has 1 aromatic rings. The Morgan fingerprint density at radius 3 is 2.71 bits per heavy atom. The van der Waals surface area contributed by atoms with Crippen molar-refractivity contribution in [2.24, 2.45) is 4.99 Å². The third-order valence-electron chi connectivity index (χ3n) is 3.83. The van der Waals surface area contributed by atoms with Crippen molar-refractivity contribution in [2.75, 3.05) is 18.4 Å². The van der Waals surface area contributed by atoms with E-state index in [1.807, 2.05) is 26.0 Å². The number of guanidine groups is 1. The Morgan fingerprint density at radius 2 is 2.08 bits per heavy atom. The fraction of sp³-hybridized carbons (Fsp3) is 0.588. The normalized spacial score (nSPS) is 14.8. The number of hydrogen-bond donors (Lipinski definition) is 3. The number of halogens is 1. The molecule has 0 spiro atoms. The minimum atomic E-state index is -0.0678. The number of hydrogen-bond acceptors (Lipinski definition) is 3. The number of rotatable bonds is 6. The van der Waals surface area contributed by atoms with Crippen LogP contribution in [-0.2, 0) is 4.79 Å². The highest BCUT2D eigenvalue weighted by molar-refractivity contribution is 14.0. The van der Waals surface area contributed by atoms with E-state index in [-0.39, 0.29) is 29.9 Å². The zero-order valence-corrected chi connectivity index (χ0v) is 16.8. The van der Waals surface area contributed by atoms with Gasteiger partial charge in [-0.25, -0.2) is 4.98 Å². The van der Waals surface area contributed by atoms with Gasteiger partial charge in [-0.15, -0.1) is 24.0 Å². The molecule has 3 N–H and O–H groups in total. The quantitative estimate of drug-likeness (QED) is 0.358. The number of amides is 1. The van der Waals surface area contributed by atoms with Crippen molar-refractivity contribution in [3.8, 4) is 0 Å². The first-order valence-electron chi connectivity index (χ1n) is 8.44. The highest BCUT2D eigenvalue weighted by atomic mass is 127. The summed E-state index contributed by atoms with van der Waals surface area (Å²) in [5.74, 6) is 1.32. The fourth-order valence-electron chi connectivity index (χ4n) is 2.60. The number of aryl methyl sites for hydroxylation is 1. The molecule has 6 nitrogen and oxygen atoms in total. The summed E-state index contributed by atoms with van der Waals surface area (Å²) < 4.78 is 0. The Kier molecular flexibility index (Phi) is 9.66. The molecule has 1 saturated carbocycles. The second-order valence-corrected chi connectivity index (χ2v) is 5.91. The highest BCUT2D eigenvalue weighted by Crippen LogP contribution is 2.17. The summed E-state index contributed by atoms with van der Waals surface area (Å²) in [5.41, 5.74) is 1.07. The largest absolute Gasteiger partial charge is 0.357 e. The van der Waals surface area contributed by atoms with Crippen molar-refractivity contribution in [1.29, 1.82) is 0 Å². The predicted octanol–water partition coefficient (Wildman–Crippen LogP) is 2.83. The molecule has 1 aliphatic rings. The first kappa shape index (κ1) is 20.7. The molecule has 0 bridgehead atoms. The van der Waals surface area contributed by atoms with E-state index in [1.165, 1.54) is 25.7 Å². The molecule has 134 valence electrons. The Hall–Kier alpha value is -1.38. The second-order valence-electron chi connectivity index (χ2n) is 5.91. The number of pyridine rings is 1. The van der Waals surface area contributed by atoms with Crippen molar-refractivity contribution in [3.05, 3.63) is 23.9 Å². The molecule has 1 aromatic heterocycles. The standard InChI is InChI=1S/C17H27N5O.HI/c1-3-18-17(21-14-6-4-5-7-14)19-11-10-16(23)22-15-9-8-13(2)12-20-15;/h8-9,12,14H,3-7,10-11H2,1-2H3,(H2,18,19,21)(H,20,22,23);1H. The SMILES string of the molecule is CCNC(=NCCC(=O)Nc1ccc(C)cn1)NC1CCCC1.I. The van der Waals surface area contributed by atoms with Crippen LogP contribution in [0.25, 0.3) is 0 Å². The predicted molar refractivity (Wildman–Crippen MR) is 109 cm³/mol. The van der Waals surface area contributed by atoms with Gasteiger partial charge in [0.05, 0.1) is 6.54 Å². The Morgan fingerprint density at radius 1 is 1.33 bits per heavy atom. The summed E-state index contributed by atoms with van der Waals surface area (Å²) in [7, 11) is 0. The summed E-state index contributed by atoms with van der Waals surface area (Å²) in [6, 6.07) is 4.25. The van der Waals surface area contributed by atoms with Crippen LogP contribution in [0.4, 0.5) is 5.82 Å². The third kappa shape index (κ3) is 7.46. The zero-order chi connectivity index (χ0) is 16.5. The van der Waals surface area contributed by atoms with E-state index in [1.54, 1.807) is 6.20 Å². The van der Waals surface area contributed by atoms with Crippen LogP contribution in [-0.4, -0.2) is 36.0 Å². The van der Waals surface area contributed by atoms with Gasteiger partial charge in [0.2, 0.25) is 5.91 Å². The number of carbonyl (C=O) groups is 1. The Balaban J connectivity index is 0.00000288. The van der Waals surface area contributed by atoms with Crippen molar-refractivity contribution in [3.63, 3.8) is 0 Å². The number of anilines is 1. The van der Waals surface area contributed by atoms with Crippen LogP contribution in [0.5, 0.6) is 0 Å². The van der Waals surface area contributed by atoms with Crippen LogP contribution >= 0.6 is 24.0 Å². The summed E-state index contributed by atoms with van der Waals surface area (Å²) in [4.78, 5) is 20.6. The molecule has 0 aliphatic heterocycles. The molecule has 24 heavy (non-hydrogen) atoms.